The molecule has 6 aromatic heterocycles. The second-order valence-electron chi connectivity index (χ2n) is 27.8. The van der Waals surface area contributed by atoms with Crippen LogP contribution in [0.1, 0.15) is 5.56 Å². The normalized spacial score (nSPS) is 11.7. The molecular formula is C97H57F5N14. The maximum atomic E-state index is 17.0. The van der Waals surface area contributed by atoms with E-state index in [4.69, 9.17) is 59.8 Å². The Kier molecular flexibility index (Phi) is 17.3. The van der Waals surface area contributed by atoms with Gasteiger partial charge in [0.15, 0.2) is 69.9 Å². The monoisotopic (exact) mass is 1510 g/mol. The van der Waals surface area contributed by atoms with Crippen LogP contribution < -0.4 is 0 Å². The lowest BCUT2D eigenvalue weighted by Gasteiger charge is -2.22. The van der Waals surface area contributed by atoms with E-state index < -0.39 is 28.9 Å². The molecule has 0 bridgehead atoms. The average Bonchev–Trinajstić information content (AvgIpc) is 1.54. The first-order valence-corrected chi connectivity index (χ1v) is 37.3. The highest BCUT2D eigenvalue weighted by molar-refractivity contribution is 6.14. The molecule has 20 rings (SSSR count). The summed E-state index contributed by atoms with van der Waals surface area (Å²) in [7, 11) is 0. The third-order valence-electron chi connectivity index (χ3n) is 20.4. The van der Waals surface area contributed by atoms with E-state index in [-0.39, 0.29) is 16.9 Å². The van der Waals surface area contributed by atoms with Crippen LogP contribution in [-0.4, -0.2) is 68.9 Å². The van der Waals surface area contributed by atoms with Crippen LogP contribution in [0.5, 0.6) is 0 Å². The van der Waals surface area contributed by atoms with E-state index in [1.54, 1.807) is 4.57 Å². The zero-order chi connectivity index (χ0) is 78.0. The van der Waals surface area contributed by atoms with Crippen LogP contribution in [0.25, 0.3) is 203 Å². The zero-order valence-corrected chi connectivity index (χ0v) is 61.1. The summed E-state index contributed by atoms with van der Waals surface area (Å²) in [6.45, 7) is 0. The van der Waals surface area contributed by atoms with Crippen LogP contribution in [0.4, 0.5) is 22.0 Å². The van der Waals surface area contributed by atoms with E-state index >= 15 is 22.0 Å². The molecule has 0 N–H and O–H groups in total. The number of hydrogen-bond donors (Lipinski definition) is 0. The molecule has 0 saturated heterocycles. The number of nitrogens with zero attached hydrogens (tertiary/aromatic N) is 14. The van der Waals surface area contributed by atoms with Gasteiger partial charge in [-0.3, -0.25) is 0 Å². The van der Waals surface area contributed by atoms with Crippen LogP contribution >= 0.6 is 0 Å². The van der Waals surface area contributed by atoms with E-state index in [1.165, 1.54) is 6.07 Å². The fourth-order valence-corrected chi connectivity index (χ4v) is 15.0. The standard InChI is InChI=1S/C97H57F5N14/c98-71-49-70(50-72(99)55-71)73-56-83(115-79-45-41-66(93-107-85(58-25-9-1-10-26-58)103-86(108-93)59-27-11-2-12-28-59)51-74(79)75-52-67(42-46-80(75)115)94-109-87(60-29-13-3-14-30-60)104-88(110-94)61-31-15-4-16-32-61)84(57-78(73)97(100,101)102)116-81-47-43-68(95-111-89(62-33-17-5-18-34-62)105-90(112-95)63-35-19-6-20-36-63)53-76(81)77-54-69(44-48-82(77)116)96-113-91(64-37-21-7-22-38-64)106-92(114-96)65-39-23-8-24-40-65/h1-57H. The molecule has 0 amide bonds. The van der Waals surface area contributed by atoms with Crippen LogP contribution in [0.2, 0.25) is 0 Å². The van der Waals surface area contributed by atoms with Gasteiger partial charge < -0.3 is 9.13 Å². The van der Waals surface area contributed by atoms with Crippen molar-refractivity contribution in [3.8, 4) is 159 Å². The van der Waals surface area contributed by atoms with Gasteiger partial charge in [-0.05, 0) is 108 Å². The Bertz CT molecular complexity index is 6570. The largest absolute Gasteiger partial charge is 0.417 e. The molecule has 14 aromatic carbocycles. The first-order chi connectivity index (χ1) is 56.9. The lowest BCUT2D eigenvalue weighted by Crippen LogP contribution is -2.12. The fourth-order valence-electron chi connectivity index (χ4n) is 15.0. The topological polar surface area (TPSA) is 165 Å². The van der Waals surface area contributed by atoms with E-state index in [9.17, 15) is 0 Å². The second-order valence-corrected chi connectivity index (χ2v) is 27.8. The molecule has 6 heterocycles. The maximum absolute atomic E-state index is 17.0. The third kappa shape index (κ3) is 13.1. The van der Waals surface area contributed by atoms with Crippen molar-refractivity contribution in [3.63, 3.8) is 0 Å². The smallest absolute Gasteiger partial charge is 0.307 e. The van der Waals surface area contributed by atoms with Crippen molar-refractivity contribution in [1.29, 1.82) is 0 Å². The summed E-state index contributed by atoms with van der Waals surface area (Å²) in [4.78, 5) is 61.3. The quantitative estimate of drug-likeness (QED) is 0.0894. The van der Waals surface area contributed by atoms with Gasteiger partial charge in [0.2, 0.25) is 0 Å². The molecule has 116 heavy (non-hydrogen) atoms. The van der Waals surface area contributed by atoms with Gasteiger partial charge in [-0.25, -0.2) is 68.6 Å². The van der Waals surface area contributed by atoms with Gasteiger partial charge in [-0.1, -0.05) is 243 Å². The van der Waals surface area contributed by atoms with Crippen molar-refractivity contribution in [2.75, 3.05) is 0 Å². The van der Waals surface area contributed by atoms with Gasteiger partial charge in [-0.15, -0.1) is 0 Å². The number of aromatic nitrogens is 14. The highest BCUT2D eigenvalue weighted by Gasteiger charge is 2.37. The van der Waals surface area contributed by atoms with Gasteiger partial charge in [0.25, 0.3) is 0 Å². The molecule has 0 aliphatic heterocycles. The highest BCUT2D eigenvalue weighted by Crippen LogP contribution is 2.48. The molecule has 0 atom stereocenters. The van der Waals surface area contributed by atoms with E-state index in [1.807, 2.05) is 320 Å². The predicted molar refractivity (Wildman–Crippen MR) is 444 cm³/mol. The number of fused-ring (bicyclic) bond motifs is 6. The summed E-state index contributed by atoms with van der Waals surface area (Å²) >= 11 is 0. The number of halogens is 5. The lowest BCUT2D eigenvalue weighted by molar-refractivity contribution is -0.137. The molecule has 0 radical (unpaired) electrons. The number of hydrogen-bond acceptors (Lipinski definition) is 12. The number of benzene rings is 14. The van der Waals surface area contributed by atoms with Crippen molar-refractivity contribution >= 4 is 43.6 Å². The highest BCUT2D eigenvalue weighted by atomic mass is 19.4. The van der Waals surface area contributed by atoms with Crippen LogP contribution in [0.3, 0.4) is 0 Å². The second kappa shape index (κ2) is 28.9. The molecule has 0 spiro atoms. The van der Waals surface area contributed by atoms with E-state index in [0.29, 0.717) is 142 Å². The van der Waals surface area contributed by atoms with Crippen molar-refractivity contribution in [3.05, 3.63) is 363 Å². The zero-order valence-electron chi connectivity index (χ0n) is 61.1. The minimum atomic E-state index is -5.14. The van der Waals surface area contributed by atoms with Crippen LogP contribution in [0.15, 0.2) is 346 Å². The maximum Gasteiger partial charge on any atom is 0.417 e. The Morgan fingerprint density at radius 2 is 0.388 bits per heavy atom. The molecule has 19 heteroatoms. The van der Waals surface area contributed by atoms with Gasteiger partial charge in [0.05, 0.1) is 39.0 Å². The summed E-state index contributed by atoms with van der Waals surface area (Å²) in [5.74, 6) is 2.47. The molecular weight excluding hydrogens is 1460 g/mol. The van der Waals surface area contributed by atoms with E-state index in [2.05, 4.69) is 0 Å². The van der Waals surface area contributed by atoms with Gasteiger partial charge in [0, 0.05) is 94.4 Å². The third-order valence-corrected chi connectivity index (χ3v) is 20.4. The molecule has 0 saturated carbocycles. The van der Waals surface area contributed by atoms with Gasteiger partial charge in [0.1, 0.15) is 11.6 Å². The Morgan fingerprint density at radius 3 is 0.595 bits per heavy atom. The van der Waals surface area contributed by atoms with Crippen molar-refractivity contribution in [2.24, 2.45) is 0 Å². The Morgan fingerprint density at radius 1 is 0.190 bits per heavy atom. The molecule has 0 aliphatic rings. The van der Waals surface area contributed by atoms with Crippen molar-refractivity contribution in [1.82, 2.24) is 68.9 Å². The van der Waals surface area contributed by atoms with Gasteiger partial charge in [-0.2, -0.15) is 13.2 Å². The summed E-state index contributed by atoms with van der Waals surface area (Å²) in [5.41, 5.74) is 8.31. The summed E-state index contributed by atoms with van der Waals surface area (Å²) < 4.78 is 86.5. The average molecular weight is 1510 g/mol. The van der Waals surface area contributed by atoms with Crippen molar-refractivity contribution < 1.29 is 22.0 Å². The molecule has 550 valence electrons. The minimum Gasteiger partial charge on any atom is -0.307 e. The Hall–Kier alpha value is -15.6. The van der Waals surface area contributed by atoms with Crippen molar-refractivity contribution in [2.45, 2.75) is 6.18 Å². The first-order valence-electron chi connectivity index (χ1n) is 37.3. The van der Waals surface area contributed by atoms with Crippen LogP contribution in [0, 0.1) is 11.6 Å². The number of alkyl halides is 3. The Labute approximate surface area is 659 Å². The lowest BCUT2D eigenvalue weighted by atomic mass is 9.96. The summed E-state index contributed by atoms with van der Waals surface area (Å²) in [5, 5.41) is 2.35. The molecule has 20 aromatic rings. The molecule has 0 unspecified atom stereocenters. The summed E-state index contributed by atoms with van der Waals surface area (Å²) in [6, 6.07) is 104. The summed E-state index contributed by atoms with van der Waals surface area (Å²) in [6.07, 6.45) is -5.14. The molecule has 0 fully saturated rings. The molecule has 14 nitrogen and oxygen atoms in total. The fraction of sp³-hybridized carbons (Fsp3) is 0.0103. The Balaban J connectivity index is 0.887. The number of rotatable bonds is 15. The van der Waals surface area contributed by atoms with Gasteiger partial charge >= 0.3 is 6.18 Å². The first kappa shape index (κ1) is 69.6. The predicted octanol–water partition coefficient (Wildman–Crippen LogP) is 23.6. The van der Waals surface area contributed by atoms with Crippen LogP contribution in [-0.2, 0) is 6.18 Å². The molecule has 0 aliphatic carbocycles. The van der Waals surface area contributed by atoms with E-state index in [0.717, 1.165) is 62.7 Å². The minimum absolute atomic E-state index is 0.0242. The SMILES string of the molecule is Fc1cc(F)cc(-c2cc(-n3c4ccc(-c5nc(-c6ccccc6)nc(-c6ccccc6)n5)cc4c4cc(-c5nc(-c6ccccc6)nc(-c6ccccc6)n5)ccc43)c(-n3c4ccc(-c5nc(-c6ccccc6)nc(-c6ccccc6)n5)cc4c4cc(-c5nc(-c6ccccc6)nc(-c6ccccc6)n5)ccc43)cc2C(F)(F)F)c1.